The molecule has 11 heteroatoms. The number of hydrogen-bond acceptors (Lipinski definition) is 8. The van der Waals surface area contributed by atoms with E-state index in [0.717, 1.165) is 12.8 Å². The average Bonchev–Trinajstić information content (AvgIpc) is 3.18. The standard InChI is InChI=1S/C16H25ClN5O4P/c1-10(2)25-27(23,26-11(3)4)9-24-16(5-6-16)7-22-8-19-12-13(17)20-15(18)21-14(12)22/h8,10-11H,5-7,9H2,1-4H3,(H2,18,20,21). The molecular formula is C16H25ClN5O4P. The van der Waals surface area contributed by atoms with Crippen molar-refractivity contribution >= 4 is 36.3 Å². The van der Waals surface area contributed by atoms with Crippen LogP contribution in [0.2, 0.25) is 5.15 Å². The summed E-state index contributed by atoms with van der Waals surface area (Å²) in [5.41, 5.74) is 6.26. The topological polar surface area (TPSA) is 114 Å². The molecular weight excluding hydrogens is 393 g/mol. The second-order valence-electron chi connectivity index (χ2n) is 7.29. The Balaban J connectivity index is 1.73. The number of rotatable bonds is 9. The van der Waals surface area contributed by atoms with Crippen LogP contribution in [-0.2, 0) is 24.9 Å². The minimum Gasteiger partial charge on any atom is -0.368 e. The summed E-state index contributed by atoms with van der Waals surface area (Å²) in [7, 11) is -3.36. The molecule has 1 saturated carbocycles. The molecule has 0 amide bonds. The van der Waals surface area contributed by atoms with Gasteiger partial charge in [-0.25, -0.2) is 4.98 Å². The third-order valence-corrected chi connectivity index (χ3v) is 6.17. The van der Waals surface area contributed by atoms with Crippen LogP contribution in [0.25, 0.3) is 11.2 Å². The number of aromatic nitrogens is 4. The van der Waals surface area contributed by atoms with Crippen LogP contribution >= 0.6 is 19.2 Å². The Morgan fingerprint density at radius 1 is 1.26 bits per heavy atom. The van der Waals surface area contributed by atoms with E-state index in [1.54, 1.807) is 6.33 Å². The molecule has 0 aromatic carbocycles. The van der Waals surface area contributed by atoms with Gasteiger partial charge < -0.3 is 24.1 Å². The van der Waals surface area contributed by atoms with Crippen molar-refractivity contribution in [1.29, 1.82) is 0 Å². The lowest BCUT2D eigenvalue weighted by molar-refractivity contribution is 0.0277. The quantitative estimate of drug-likeness (QED) is 0.486. The molecule has 2 aromatic rings. The Bertz CT molecular complexity index is 854. The van der Waals surface area contributed by atoms with Gasteiger partial charge in [0.2, 0.25) is 5.95 Å². The normalized spacial score (nSPS) is 16.6. The summed E-state index contributed by atoms with van der Waals surface area (Å²) >= 11 is 6.07. The lowest BCUT2D eigenvalue weighted by Gasteiger charge is -2.25. The van der Waals surface area contributed by atoms with Crippen molar-refractivity contribution in [2.75, 3.05) is 12.1 Å². The van der Waals surface area contributed by atoms with E-state index in [-0.39, 0.29) is 29.7 Å². The Morgan fingerprint density at radius 3 is 2.44 bits per heavy atom. The van der Waals surface area contributed by atoms with Gasteiger partial charge in [-0.15, -0.1) is 0 Å². The zero-order chi connectivity index (χ0) is 19.8. The lowest BCUT2D eigenvalue weighted by atomic mass is 10.3. The average molecular weight is 418 g/mol. The third kappa shape index (κ3) is 4.97. The number of fused-ring (bicyclic) bond motifs is 1. The summed E-state index contributed by atoms with van der Waals surface area (Å²) in [6.45, 7) is 7.74. The molecule has 3 rings (SSSR count). The summed E-state index contributed by atoms with van der Waals surface area (Å²) < 4.78 is 31.9. The predicted molar refractivity (Wildman–Crippen MR) is 103 cm³/mol. The number of hydrogen-bond donors (Lipinski definition) is 1. The molecule has 2 N–H and O–H groups in total. The van der Waals surface area contributed by atoms with Crippen molar-refractivity contribution in [1.82, 2.24) is 19.5 Å². The van der Waals surface area contributed by atoms with Gasteiger partial charge in [0, 0.05) is 0 Å². The molecule has 27 heavy (non-hydrogen) atoms. The van der Waals surface area contributed by atoms with Gasteiger partial charge in [-0.2, -0.15) is 9.97 Å². The molecule has 150 valence electrons. The lowest BCUT2D eigenvalue weighted by Crippen LogP contribution is -2.24. The second-order valence-corrected chi connectivity index (χ2v) is 9.55. The summed E-state index contributed by atoms with van der Waals surface area (Å²) in [6.07, 6.45) is 2.71. The number of nitrogens with two attached hydrogens (primary N) is 1. The van der Waals surface area contributed by atoms with Crippen molar-refractivity contribution in [3.05, 3.63) is 11.5 Å². The van der Waals surface area contributed by atoms with Crippen LogP contribution in [-0.4, -0.2) is 43.7 Å². The molecule has 0 bridgehead atoms. The van der Waals surface area contributed by atoms with Gasteiger partial charge in [0.05, 0.1) is 30.7 Å². The van der Waals surface area contributed by atoms with E-state index in [0.29, 0.717) is 17.7 Å². The van der Waals surface area contributed by atoms with Crippen LogP contribution < -0.4 is 5.73 Å². The van der Waals surface area contributed by atoms with Gasteiger partial charge in [-0.1, -0.05) is 11.6 Å². The van der Waals surface area contributed by atoms with Gasteiger partial charge in [0.1, 0.15) is 11.9 Å². The first-order valence-electron chi connectivity index (χ1n) is 8.85. The van der Waals surface area contributed by atoms with Gasteiger partial charge in [0.25, 0.3) is 0 Å². The van der Waals surface area contributed by atoms with E-state index in [1.807, 2.05) is 32.3 Å². The Labute approximate surface area is 163 Å². The highest BCUT2D eigenvalue weighted by Gasteiger charge is 2.47. The van der Waals surface area contributed by atoms with Crippen LogP contribution in [0.1, 0.15) is 40.5 Å². The van der Waals surface area contributed by atoms with Gasteiger partial charge in [0.15, 0.2) is 10.8 Å². The number of nitrogen functional groups attached to an aromatic ring is 1. The Hall–Kier alpha value is -1.25. The van der Waals surface area contributed by atoms with Crippen LogP contribution in [0.5, 0.6) is 0 Å². The molecule has 0 radical (unpaired) electrons. The fraction of sp³-hybridized carbons (Fsp3) is 0.688. The smallest absolute Gasteiger partial charge is 0.356 e. The number of imidazole rings is 1. The summed E-state index contributed by atoms with van der Waals surface area (Å²) in [4.78, 5) is 12.4. The molecule has 0 unspecified atom stereocenters. The largest absolute Gasteiger partial charge is 0.368 e. The first-order chi connectivity index (χ1) is 12.6. The van der Waals surface area contributed by atoms with Gasteiger partial charge >= 0.3 is 7.60 Å². The molecule has 0 aliphatic heterocycles. The van der Waals surface area contributed by atoms with Gasteiger partial charge in [-0.3, -0.25) is 4.57 Å². The maximum atomic E-state index is 13.0. The SMILES string of the molecule is CC(C)OP(=O)(COC1(Cn2cnc3c(Cl)nc(N)nc32)CC1)OC(C)C. The summed E-state index contributed by atoms with van der Waals surface area (Å²) in [6, 6.07) is 0. The van der Waals surface area contributed by atoms with Crippen molar-refractivity contribution < 1.29 is 18.3 Å². The number of halogens is 1. The van der Waals surface area contributed by atoms with E-state index in [9.17, 15) is 4.57 Å². The minimum absolute atomic E-state index is 0.0835. The minimum atomic E-state index is -3.36. The molecule has 0 saturated heterocycles. The molecule has 2 heterocycles. The first-order valence-corrected chi connectivity index (χ1v) is 11.0. The Morgan fingerprint density at radius 2 is 1.89 bits per heavy atom. The third-order valence-electron chi connectivity index (χ3n) is 3.98. The summed E-state index contributed by atoms with van der Waals surface area (Å²) in [5.74, 6) is 0.0835. The van der Waals surface area contributed by atoms with Crippen molar-refractivity contribution in [3.8, 4) is 0 Å². The second kappa shape index (κ2) is 7.64. The van der Waals surface area contributed by atoms with Crippen LogP contribution in [0.3, 0.4) is 0 Å². The zero-order valence-electron chi connectivity index (χ0n) is 15.9. The highest BCUT2D eigenvalue weighted by Crippen LogP contribution is 2.53. The number of nitrogens with zero attached hydrogens (tertiary/aromatic N) is 4. The molecule has 2 aromatic heterocycles. The van der Waals surface area contributed by atoms with E-state index in [2.05, 4.69) is 15.0 Å². The Kier molecular flexibility index (Phi) is 5.80. The van der Waals surface area contributed by atoms with E-state index in [4.69, 9.17) is 31.1 Å². The number of ether oxygens (including phenoxy) is 1. The molecule has 1 aliphatic rings. The van der Waals surface area contributed by atoms with E-state index < -0.39 is 13.2 Å². The van der Waals surface area contributed by atoms with Crippen LogP contribution in [0.4, 0.5) is 5.95 Å². The highest BCUT2D eigenvalue weighted by atomic mass is 35.5. The zero-order valence-corrected chi connectivity index (χ0v) is 17.5. The van der Waals surface area contributed by atoms with Crippen molar-refractivity contribution in [3.63, 3.8) is 0 Å². The predicted octanol–water partition coefficient (Wildman–Crippen LogP) is 3.61. The van der Waals surface area contributed by atoms with E-state index in [1.165, 1.54) is 0 Å². The maximum Gasteiger partial charge on any atom is 0.356 e. The molecule has 1 aliphatic carbocycles. The van der Waals surface area contributed by atoms with Crippen LogP contribution in [0, 0.1) is 0 Å². The fourth-order valence-corrected chi connectivity index (χ4v) is 4.89. The molecule has 0 atom stereocenters. The highest BCUT2D eigenvalue weighted by molar-refractivity contribution is 7.53. The van der Waals surface area contributed by atoms with E-state index >= 15 is 0 Å². The fourth-order valence-electron chi connectivity index (χ4n) is 2.78. The summed E-state index contributed by atoms with van der Waals surface area (Å²) in [5, 5.41) is 0.210. The number of anilines is 1. The molecule has 0 spiro atoms. The maximum absolute atomic E-state index is 13.0. The van der Waals surface area contributed by atoms with Crippen molar-refractivity contribution in [2.45, 2.75) is 64.9 Å². The first kappa shape index (κ1) is 20.5. The monoisotopic (exact) mass is 417 g/mol. The van der Waals surface area contributed by atoms with Crippen molar-refractivity contribution in [2.24, 2.45) is 0 Å². The van der Waals surface area contributed by atoms with Gasteiger partial charge in [-0.05, 0) is 40.5 Å². The molecule has 9 nitrogen and oxygen atoms in total. The molecule has 1 fully saturated rings. The van der Waals surface area contributed by atoms with Crippen LogP contribution in [0.15, 0.2) is 6.33 Å².